The van der Waals surface area contributed by atoms with E-state index in [4.69, 9.17) is 14.2 Å². The standard InChI is InChI=1S/C26H43N3O6/c1-25(2,3)34-22(30)14-18-33-19-15-27-21-12-10-20(11-13-21)23(31)28(7)16-9-17-29(8)24(32)35-26(4,5)6/h10-13,27H,9,14-19H2,1-8H3. The van der Waals surface area contributed by atoms with Crippen LogP contribution in [0.15, 0.2) is 24.3 Å². The summed E-state index contributed by atoms with van der Waals surface area (Å²) in [6.45, 7) is 13.3. The van der Waals surface area contributed by atoms with Gasteiger partial charge in [-0.25, -0.2) is 4.79 Å². The van der Waals surface area contributed by atoms with Crippen LogP contribution in [0, 0.1) is 0 Å². The molecule has 1 aromatic carbocycles. The molecule has 2 amide bonds. The van der Waals surface area contributed by atoms with Crippen molar-refractivity contribution in [3.05, 3.63) is 29.8 Å². The van der Waals surface area contributed by atoms with Crippen molar-refractivity contribution < 1.29 is 28.6 Å². The van der Waals surface area contributed by atoms with Gasteiger partial charge in [-0.05, 0) is 72.2 Å². The van der Waals surface area contributed by atoms with Crippen molar-refractivity contribution >= 4 is 23.7 Å². The molecule has 1 N–H and O–H groups in total. The molecule has 9 nitrogen and oxygen atoms in total. The van der Waals surface area contributed by atoms with Gasteiger partial charge in [-0.15, -0.1) is 0 Å². The third kappa shape index (κ3) is 13.6. The first-order valence-corrected chi connectivity index (χ1v) is 12.0. The molecule has 0 bridgehead atoms. The highest BCUT2D eigenvalue weighted by molar-refractivity contribution is 5.94. The van der Waals surface area contributed by atoms with Crippen LogP contribution in [0.25, 0.3) is 0 Å². The summed E-state index contributed by atoms with van der Waals surface area (Å²) in [5.41, 5.74) is 0.444. The summed E-state index contributed by atoms with van der Waals surface area (Å²) in [5, 5.41) is 3.22. The second kappa shape index (κ2) is 13.9. The Balaban J connectivity index is 2.31. The zero-order chi connectivity index (χ0) is 26.6. The Hall–Kier alpha value is -2.81. The molecule has 0 spiro atoms. The van der Waals surface area contributed by atoms with E-state index in [-0.39, 0.29) is 24.4 Å². The number of esters is 1. The molecule has 0 fully saturated rings. The fraction of sp³-hybridized carbons (Fsp3) is 0.654. The number of nitrogens with one attached hydrogen (secondary N) is 1. The lowest BCUT2D eigenvalue weighted by molar-refractivity contribution is -0.156. The molecule has 0 aliphatic carbocycles. The molecule has 9 heteroatoms. The van der Waals surface area contributed by atoms with E-state index in [1.54, 1.807) is 31.1 Å². The van der Waals surface area contributed by atoms with E-state index in [1.807, 2.05) is 53.7 Å². The monoisotopic (exact) mass is 493 g/mol. The number of hydrogen-bond acceptors (Lipinski definition) is 7. The second-order valence-corrected chi connectivity index (χ2v) is 10.4. The fourth-order valence-corrected chi connectivity index (χ4v) is 2.95. The summed E-state index contributed by atoms with van der Waals surface area (Å²) < 4.78 is 16.0. The minimum atomic E-state index is -0.534. The number of carbonyl (C=O) groups is 3. The summed E-state index contributed by atoms with van der Waals surface area (Å²) in [6.07, 6.45) is 0.493. The molecule has 0 heterocycles. The van der Waals surface area contributed by atoms with Crippen LogP contribution in [0.4, 0.5) is 10.5 Å². The van der Waals surface area contributed by atoms with Crippen molar-refractivity contribution in [2.24, 2.45) is 0 Å². The van der Waals surface area contributed by atoms with Crippen molar-refractivity contribution in [2.75, 3.05) is 52.3 Å². The van der Waals surface area contributed by atoms with Crippen LogP contribution in [-0.2, 0) is 19.0 Å². The minimum Gasteiger partial charge on any atom is -0.460 e. The van der Waals surface area contributed by atoms with Crippen molar-refractivity contribution in [2.45, 2.75) is 65.6 Å². The maximum absolute atomic E-state index is 12.7. The number of benzene rings is 1. The first kappa shape index (κ1) is 30.2. The Morgan fingerprint density at radius 3 is 1.97 bits per heavy atom. The molecule has 0 aliphatic heterocycles. The topological polar surface area (TPSA) is 97.4 Å². The molecule has 198 valence electrons. The molecule has 35 heavy (non-hydrogen) atoms. The summed E-state index contributed by atoms with van der Waals surface area (Å²) >= 11 is 0. The number of nitrogens with zero attached hydrogens (tertiary/aromatic N) is 2. The van der Waals surface area contributed by atoms with Gasteiger partial charge in [0, 0.05) is 45.0 Å². The Kier molecular flexibility index (Phi) is 12.0. The lowest BCUT2D eigenvalue weighted by Crippen LogP contribution is -2.36. The van der Waals surface area contributed by atoms with E-state index in [2.05, 4.69) is 5.32 Å². The van der Waals surface area contributed by atoms with Gasteiger partial charge in [0.05, 0.1) is 19.6 Å². The van der Waals surface area contributed by atoms with Gasteiger partial charge in [-0.2, -0.15) is 0 Å². The highest BCUT2D eigenvalue weighted by Gasteiger charge is 2.20. The molecule has 0 saturated heterocycles. The van der Waals surface area contributed by atoms with Crippen LogP contribution in [0.2, 0.25) is 0 Å². The first-order valence-electron chi connectivity index (χ1n) is 12.0. The predicted molar refractivity (Wildman–Crippen MR) is 137 cm³/mol. The smallest absolute Gasteiger partial charge is 0.410 e. The van der Waals surface area contributed by atoms with E-state index in [9.17, 15) is 14.4 Å². The Bertz CT molecular complexity index is 812. The first-order chi connectivity index (χ1) is 16.2. The average Bonchev–Trinajstić information content (AvgIpc) is 2.73. The molecule has 0 atom stereocenters. The van der Waals surface area contributed by atoms with Gasteiger partial charge in [-0.1, -0.05) is 0 Å². The van der Waals surface area contributed by atoms with E-state index in [0.717, 1.165) is 5.69 Å². The number of ether oxygens (including phenoxy) is 3. The van der Waals surface area contributed by atoms with Crippen LogP contribution >= 0.6 is 0 Å². The fourth-order valence-electron chi connectivity index (χ4n) is 2.95. The maximum Gasteiger partial charge on any atom is 0.410 e. The lowest BCUT2D eigenvalue weighted by Gasteiger charge is -2.25. The molecule has 0 unspecified atom stereocenters. The van der Waals surface area contributed by atoms with E-state index in [1.165, 1.54) is 4.90 Å². The minimum absolute atomic E-state index is 0.0815. The average molecular weight is 494 g/mol. The molecular formula is C26H43N3O6. The Morgan fingerprint density at radius 2 is 1.40 bits per heavy atom. The van der Waals surface area contributed by atoms with Crippen LogP contribution in [0.5, 0.6) is 0 Å². The van der Waals surface area contributed by atoms with Gasteiger partial charge >= 0.3 is 12.1 Å². The van der Waals surface area contributed by atoms with Gasteiger partial charge in [0.1, 0.15) is 11.2 Å². The summed E-state index contributed by atoms with van der Waals surface area (Å²) in [7, 11) is 3.43. The predicted octanol–water partition coefficient (Wildman–Crippen LogP) is 4.18. The molecule has 0 aliphatic rings. The third-order valence-corrected chi connectivity index (χ3v) is 4.62. The van der Waals surface area contributed by atoms with Crippen LogP contribution in [-0.4, -0.2) is 85.9 Å². The van der Waals surface area contributed by atoms with Gasteiger partial charge in [0.25, 0.3) is 5.91 Å². The third-order valence-electron chi connectivity index (χ3n) is 4.62. The highest BCUT2D eigenvalue weighted by atomic mass is 16.6. The van der Waals surface area contributed by atoms with Crippen LogP contribution in [0.1, 0.15) is 64.7 Å². The zero-order valence-electron chi connectivity index (χ0n) is 22.6. The number of amides is 2. The summed E-state index contributed by atoms with van der Waals surface area (Å²) in [5.74, 6) is -0.354. The SMILES string of the molecule is CN(CCCN(C)C(=O)c1ccc(NCCOCCC(=O)OC(C)(C)C)cc1)C(=O)OC(C)(C)C. The molecule has 0 saturated carbocycles. The Morgan fingerprint density at radius 1 is 0.829 bits per heavy atom. The van der Waals surface area contributed by atoms with E-state index in [0.29, 0.717) is 44.8 Å². The molecule has 1 rings (SSSR count). The van der Waals surface area contributed by atoms with Crippen molar-refractivity contribution in [3.63, 3.8) is 0 Å². The maximum atomic E-state index is 12.7. The Labute approximate surface area is 210 Å². The summed E-state index contributed by atoms with van der Waals surface area (Å²) in [4.78, 5) is 39.5. The van der Waals surface area contributed by atoms with E-state index >= 15 is 0 Å². The molecular weight excluding hydrogens is 450 g/mol. The summed E-state index contributed by atoms with van der Waals surface area (Å²) in [6, 6.07) is 7.24. The van der Waals surface area contributed by atoms with Gasteiger partial charge < -0.3 is 29.3 Å². The van der Waals surface area contributed by atoms with Crippen LogP contribution in [0.3, 0.4) is 0 Å². The number of rotatable bonds is 12. The molecule has 0 aromatic heterocycles. The van der Waals surface area contributed by atoms with Gasteiger partial charge in [0.2, 0.25) is 0 Å². The lowest BCUT2D eigenvalue weighted by atomic mass is 10.2. The van der Waals surface area contributed by atoms with Gasteiger partial charge in [-0.3, -0.25) is 9.59 Å². The van der Waals surface area contributed by atoms with E-state index < -0.39 is 11.2 Å². The largest absolute Gasteiger partial charge is 0.460 e. The second-order valence-electron chi connectivity index (χ2n) is 10.4. The highest BCUT2D eigenvalue weighted by Crippen LogP contribution is 2.12. The number of carbonyl (C=O) groups excluding carboxylic acids is 3. The number of hydrogen-bond donors (Lipinski definition) is 1. The number of anilines is 1. The van der Waals surface area contributed by atoms with Crippen molar-refractivity contribution in [3.8, 4) is 0 Å². The molecule has 0 radical (unpaired) electrons. The van der Waals surface area contributed by atoms with Crippen molar-refractivity contribution in [1.82, 2.24) is 9.80 Å². The quantitative estimate of drug-likeness (QED) is 0.345. The van der Waals surface area contributed by atoms with Gasteiger partial charge in [0.15, 0.2) is 0 Å². The molecule has 1 aromatic rings. The zero-order valence-corrected chi connectivity index (χ0v) is 22.6. The van der Waals surface area contributed by atoms with Crippen molar-refractivity contribution in [1.29, 1.82) is 0 Å². The van der Waals surface area contributed by atoms with Crippen LogP contribution < -0.4 is 5.32 Å². The normalized spacial score (nSPS) is 11.5.